The lowest BCUT2D eigenvalue weighted by molar-refractivity contribution is -0.123. The van der Waals surface area contributed by atoms with E-state index in [-0.39, 0.29) is 43.1 Å². The molecule has 2 N–H and O–H groups in total. The standard InChI is InChI=1S/C23H25N3O4/c1-16-6-8-17(9-7-16)10-11-20(27)24-13-14-25-21(28)12-15-26-22(29)18-4-2-3-5-19(18)23(26)30/h2-9H,10-15H2,1H3,(H,24,27)(H,25,28). The average Bonchev–Trinajstić information content (AvgIpc) is 2.99. The number of benzene rings is 2. The molecule has 2 aromatic carbocycles. The Hall–Kier alpha value is -3.48. The molecule has 1 heterocycles. The monoisotopic (exact) mass is 407 g/mol. The van der Waals surface area contributed by atoms with Gasteiger partial charge in [-0.2, -0.15) is 0 Å². The number of hydrogen-bond donors (Lipinski definition) is 2. The van der Waals surface area contributed by atoms with E-state index in [1.54, 1.807) is 24.3 Å². The molecule has 0 aliphatic carbocycles. The third-order valence-electron chi connectivity index (χ3n) is 4.97. The Morgan fingerprint density at radius 2 is 1.33 bits per heavy atom. The van der Waals surface area contributed by atoms with Gasteiger partial charge in [0.2, 0.25) is 11.8 Å². The number of nitrogens with zero attached hydrogens (tertiary/aromatic N) is 1. The lowest BCUT2D eigenvalue weighted by Gasteiger charge is -2.13. The zero-order chi connectivity index (χ0) is 21.5. The molecule has 0 saturated carbocycles. The maximum Gasteiger partial charge on any atom is 0.261 e. The molecule has 7 nitrogen and oxygen atoms in total. The summed E-state index contributed by atoms with van der Waals surface area (Å²) in [7, 11) is 0. The van der Waals surface area contributed by atoms with E-state index in [2.05, 4.69) is 10.6 Å². The van der Waals surface area contributed by atoms with Gasteiger partial charge in [0.15, 0.2) is 0 Å². The molecular weight excluding hydrogens is 382 g/mol. The zero-order valence-corrected chi connectivity index (χ0v) is 16.9. The van der Waals surface area contributed by atoms with Crippen molar-refractivity contribution in [3.05, 3.63) is 70.8 Å². The number of carbonyl (C=O) groups is 4. The minimum atomic E-state index is -0.371. The van der Waals surface area contributed by atoms with E-state index in [0.717, 1.165) is 10.5 Å². The predicted octanol–water partition coefficient (Wildman–Crippen LogP) is 1.85. The Labute approximate surface area is 175 Å². The molecule has 0 spiro atoms. The summed E-state index contributed by atoms with van der Waals surface area (Å²) in [5, 5.41) is 5.46. The number of fused-ring (bicyclic) bond motifs is 1. The maximum atomic E-state index is 12.3. The second-order valence-electron chi connectivity index (χ2n) is 7.24. The fourth-order valence-corrected chi connectivity index (χ4v) is 3.25. The molecule has 0 atom stereocenters. The van der Waals surface area contributed by atoms with Crippen LogP contribution >= 0.6 is 0 Å². The number of hydrogen-bond acceptors (Lipinski definition) is 4. The van der Waals surface area contributed by atoms with Crippen LogP contribution in [-0.2, 0) is 16.0 Å². The third-order valence-corrected chi connectivity index (χ3v) is 4.97. The molecule has 0 saturated heterocycles. The number of aryl methyl sites for hydroxylation is 2. The van der Waals surface area contributed by atoms with E-state index in [4.69, 9.17) is 0 Å². The Kier molecular flexibility index (Phi) is 6.95. The van der Waals surface area contributed by atoms with Crippen LogP contribution in [0.5, 0.6) is 0 Å². The van der Waals surface area contributed by atoms with Crippen molar-refractivity contribution in [3.8, 4) is 0 Å². The van der Waals surface area contributed by atoms with E-state index in [0.29, 0.717) is 30.5 Å². The predicted molar refractivity (Wildman–Crippen MR) is 112 cm³/mol. The van der Waals surface area contributed by atoms with Gasteiger partial charge in [0.05, 0.1) is 11.1 Å². The first kappa shape index (κ1) is 21.2. The van der Waals surface area contributed by atoms with Crippen LogP contribution in [0.4, 0.5) is 0 Å². The molecule has 3 rings (SSSR count). The van der Waals surface area contributed by atoms with Crippen LogP contribution in [0.25, 0.3) is 0 Å². The van der Waals surface area contributed by atoms with Gasteiger partial charge in [0.1, 0.15) is 0 Å². The van der Waals surface area contributed by atoms with Crippen molar-refractivity contribution in [3.63, 3.8) is 0 Å². The van der Waals surface area contributed by atoms with Crippen LogP contribution in [0.2, 0.25) is 0 Å². The van der Waals surface area contributed by atoms with Gasteiger partial charge in [-0.05, 0) is 31.0 Å². The Morgan fingerprint density at radius 3 is 1.90 bits per heavy atom. The van der Waals surface area contributed by atoms with Crippen molar-refractivity contribution in [2.45, 2.75) is 26.2 Å². The Bertz CT molecular complexity index is 918. The Balaban J connectivity index is 1.31. The molecule has 30 heavy (non-hydrogen) atoms. The summed E-state index contributed by atoms with van der Waals surface area (Å²) < 4.78 is 0. The topological polar surface area (TPSA) is 95.6 Å². The minimum Gasteiger partial charge on any atom is -0.354 e. The number of rotatable bonds is 9. The first-order chi connectivity index (χ1) is 14.5. The quantitative estimate of drug-likeness (QED) is 0.490. The van der Waals surface area contributed by atoms with Crippen LogP contribution in [0.15, 0.2) is 48.5 Å². The number of carbonyl (C=O) groups excluding carboxylic acids is 4. The highest BCUT2D eigenvalue weighted by molar-refractivity contribution is 6.21. The molecule has 0 unspecified atom stereocenters. The molecule has 156 valence electrons. The van der Waals surface area contributed by atoms with Crippen LogP contribution in [0.1, 0.15) is 44.7 Å². The molecule has 4 amide bonds. The second-order valence-corrected chi connectivity index (χ2v) is 7.24. The van der Waals surface area contributed by atoms with Crippen LogP contribution in [0.3, 0.4) is 0 Å². The minimum absolute atomic E-state index is 0.0207. The van der Waals surface area contributed by atoms with E-state index < -0.39 is 0 Å². The maximum absolute atomic E-state index is 12.3. The smallest absolute Gasteiger partial charge is 0.261 e. The molecule has 0 fully saturated rings. The summed E-state index contributed by atoms with van der Waals surface area (Å²) >= 11 is 0. The van der Waals surface area contributed by atoms with Gasteiger partial charge >= 0.3 is 0 Å². The molecule has 1 aliphatic heterocycles. The summed E-state index contributed by atoms with van der Waals surface area (Å²) in [6, 6.07) is 14.7. The van der Waals surface area contributed by atoms with Gasteiger partial charge in [-0.1, -0.05) is 42.0 Å². The highest BCUT2D eigenvalue weighted by Gasteiger charge is 2.34. The number of nitrogens with one attached hydrogen (secondary N) is 2. The van der Waals surface area contributed by atoms with Crippen molar-refractivity contribution in [1.29, 1.82) is 0 Å². The molecule has 0 aromatic heterocycles. The van der Waals surface area contributed by atoms with Crippen LogP contribution < -0.4 is 10.6 Å². The molecule has 2 aromatic rings. The average molecular weight is 407 g/mol. The highest BCUT2D eigenvalue weighted by Crippen LogP contribution is 2.22. The van der Waals surface area contributed by atoms with Crippen molar-refractivity contribution < 1.29 is 19.2 Å². The first-order valence-electron chi connectivity index (χ1n) is 10.00. The van der Waals surface area contributed by atoms with Crippen LogP contribution in [-0.4, -0.2) is 48.2 Å². The number of imide groups is 1. The molecule has 0 radical (unpaired) electrons. The summed E-state index contributed by atoms with van der Waals surface area (Å²) in [5.41, 5.74) is 3.03. The van der Waals surface area contributed by atoms with E-state index >= 15 is 0 Å². The highest BCUT2D eigenvalue weighted by atomic mass is 16.2. The normalized spacial score (nSPS) is 12.6. The van der Waals surface area contributed by atoms with Gasteiger partial charge in [-0.25, -0.2) is 0 Å². The fraction of sp³-hybridized carbons (Fsp3) is 0.304. The lowest BCUT2D eigenvalue weighted by Crippen LogP contribution is -2.37. The second kappa shape index (κ2) is 9.82. The molecule has 0 bridgehead atoms. The Morgan fingerprint density at radius 1 is 0.800 bits per heavy atom. The molecule has 7 heteroatoms. The van der Waals surface area contributed by atoms with Crippen molar-refractivity contribution >= 4 is 23.6 Å². The van der Waals surface area contributed by atoms with E-state index in [1.165, 1.54) is 5.56 Å². The van der Waals surface area contributed by atoms with Gasteiger partial charge in [-0.3, -0.25) is 24.1 Å². The molecule has 1 aliphatic rings. The summed E-state index contributed by atoms with van der Waals surface area (Å²) in [6.45, 7) is 2.66. The van der Waals surface area contributed by atoms with Gasteiger partial charge in [0.25, 0.3) is 11.8 Å². The number of amides is 4. The van der Waals surface area contributed by atoms with Crippen molar-refractivity contribution in [2.75, 3.05) is 19.6 Å². The van der Waals surface area contributed by atoms with Gasteiger partial charge in [0, 0.05) is 32.5 Å². The van der Waals surface area contributed by atoms with Crippen molar-refractivity contribution in [1.82, 2.24) is 15.5 Å². The van der Waals surface area contributed by atoms with Crippen LogP contribution in [0, 0.1) is 6.92 Å². The van der Waals surface area contributed by atoms with Gasteiger partial charge < -0.3 is 10.6 Å². The van der Waals surface area contributed by atoms with Gasteiger partial charge in [-0.15, -0.1) is 0 Å². The SMILES string of the molecule is Cc1ccc(CCC(=O)NCCNC(=O)CCN2C(=O)c3ccccc3C2=O)cc1. The lowest BCUT2D eigenvalue weighted by atomic mass is 10.1. The summed E-state index contributed by atoms with van der Waals surface area (Å²) in [5.74, 6) is -1.09. The van der Waals surface area contributed by atoms with Crippen molar-refractivity contribution in [2.24, 2.45) is 0 Å². The first-order valence-corrected chi connectivity index (χ1v) is 10.00. The molecular formula is C23H25N3O4. The third kappa shape index (κ3) is 5.31. The van der Waals surface area contributed by atoms with E-state index in [1.807, 2.05) is 31.2 Å². The van der Waals surface area contributed by atoms with E-state index in [9.17, 15) is 19.2 Å². The zero-order valence-electron chi connectivity index (χ0n) is 16.9. The fourth-order valence-electron chi connectivity index (χ4n) is 3.25. The summed E-state index contributed by atoms with van der Waals surface area (Å²) in [6.07, 6.45) is 1.07. The largest absolute Gasteiger partial charge is 0.354 e. The summed E-state index contributed by atoms with van der Waals surface area (Å²) in [4.78, 5) is 49.5.